The van der Waals surface area contributed by atoms with Crippen molar-refractivity contribution in [3.05, 3.63) is 77.6 Å². The smallest absolute Gasteiger partial charge is 0.337 e. The second-order valence-electron chi connectivity index (χ2n) is 5.64. The van der Waals surface area contributed by atoms with E-state index in [-0.39, 0.29) is 17.4 Å². The van der Waals surface area contributed by atoms with E-state index in [4.69, 9.17) is 5.26 Å². The number of ether oxygens (including phenoxy) is 1. The molecule has 0 bridgehead atoms. The Hall–Kier alpha value is -4.25. The molecule has 0 aliphatic carbocycles. The number of hydrogen-bond donors (Lipinski definition) is 2. The lowest BCUT2D eigenvalue weighted by atomic mass is 10.2. The van der Waals surface area contributed by atoms with E-state index >= 15 is 0 Å². The van der Waals surface area contributed by atoms with Gasteiger partial charge in [-0.1, -0.05) is 6.07 Å². The van der Waals surface area contributed by atoms with Gasteiger partial charge >= 0.3 is 5.97 Å². The summed E-state index contributed by atoms with van der Waals surface area (Å²) < 4.78 is 4.69. The van der Waals surface area contributed by atoms with Gasteiger partial charge in [0.2, 0.25) is 5.95 Å². The maximum absolute atomic E-state index is 12.3. The summed E-state index contributed by atoms with van der Waals surface area (Å²) in [6, 6.07) is 15.2. The third-order valence-corrected chi connectivity index (χ3v) is 3.73. The first-order valence-corrected chi connectivity index (χ1v) is 8.18. The molecule has 0 aliphatic heterocycles. The number of carbonyl (C=O) groups excluding carboxylic acids is 2. The van der Waals surface area contributed by atoms with E-state index in [1.165, 1.54) is 19.5 Å². The molecule has 0 aliphatic rings. The molecule has 0 atom stereocenters. The van der Waals surface area contributed by atoms with E-state index in [1.807, 2.05) is 6.07 Å². The molecule has 28 heavy (non-hydrogen) atoms. The van der Waals surface area contributed by atoms with Gasteiger partial charge in [0, 0.05) is 23.8 Å². The van der Waals surface area contributed by atoms with Crippen molar-refractivity contribution in [2.75, 3.05) is 17.7 Å². The van der Waals surface area contributed by atoms with Gasteiger partial charge in [0.15, 0.2) is 0 Å². The highest BCUT2D eigenvalue weighted by atomic mass is 16.5. The van der Waals surface area contributed by atoms with Crippen LogP contribution in [0.3, 0.4) is 0 Å². The van der Waals surface area contributed by atoms with Crippen LogP contribution in [0.1, 0.15) is 26.3 Å². The molecule has 138 valence electrons. The van der Waals surface area contributed by atoms with Gasteiger partial charge in [0.05, 0.1) is 29.9 Å². The van der Waals surface area contributed by atoms with Gasteiger partial charge in [-0.15, -0.1) is 0 Å². The van der Waals surface area contributed by atoms with Crippen molar-refractivity contribution >= 4 is 29.2 Å². The number of aromatic nitrogens is 2. The minimum Gasteiger partial charge on any atom is -0.465 e. The van der Waals surface area contributed by atoms with E-state index < -0.39 is 5.97 Å². The van der Waals surface area contributed by atoms with Crippen LogP contribution >= 0.6 is 0 Å². The zero-order chi connectivity index (χ0) is 19.9. The van der Waals surface area contributed by atoms with Crippen molar-refractivity contribution in [3.8, 4) is 6.07 Å². The average Bonchev–Trinajstić information content (AvgIpc) is 2.74. The van der Waals surface area contributed by atoms with E-state index in [0.717, 1.165) is 0 Å². The second-order valence-corrected chi connectivity index (χ2v) is 5.64. The quantitative estimate of drug-likeness (QED) is 0.660. The molecule has 3 rings (SSSR count). The number of rotatable bonds is 5. The van der Waals surface area contributed by atoms with Crippen LogP contribution in [-0.4, -0.2) is 29.0 Å². The lowest BCUT2D eigenvalue weighted by Gasteiger charge is -2.08. The summed E-state index contributed by atoms with van der Waals surface area (Å²) in [4.78, 5) is 32.1. The summed E-state index contributed by atoms with van der Waals surface area (Å²) in [7, 11) is 1.31. The number of carbonyl (C=O) groups is 2. The SMILES string of the molecule is COC(=O)c1cccc(Nc2ncc(C(=O)Nc3ccc(C#N)cc3)cn2)c1. The van der Waals surface area contributed by atoms with Gasteiger partial charge in [-0.2, -0.15) is 5.26 Å². The summed E-state index contributed by atoms with van der Waals surface area (Å²) in [5.41, 5.74) is 2.35. The number of nitriles is 1. The lowest BCUT2D eigenvalue weighted by molar-refractivity contribution is 0.0600. The van der Waals surface area contributed by atoms with Crippen molar-refractivity contribution < 1.29 is 14.3 Å². The number of hydrogen-bond acceptors (Lipinski definition) is 7. The Morgan fingerprint density at radius 2 is 1.71 bits per heavy atom. The molecule has 3 aromatic rings. The molecule has 1 aromatic heterocycles. The Labute approximate surface area is 160 Å². The summed E-state index contributed by atoms with van der Waals surface area (Å²) in [6.45, 7) is 0. The first-order chi connectivity index (χ1) is 13.6. The molecule has 0 unspecified atom stereocenters. The Kier molecular flexibility index (Phi) is 5.58. The summed E-state index contributed by atoms with van der Waals surface area (Å²) in [5.74, 6) is -0.541. The minimum atomic E-state index is -0.445. The van der Waals surface area contributed by atoms with Crippen molar-refractivity contribution in [1.82, 2.24) is 9.97 Å². The molecule has 2 N–H and O–H groups in total. The Balaban J connectivity index is 1.66. The molecular formula is C20H15N5O3. The van der Waals surface area contributed by atoms with Crippen LogP contribution in [0.2, 0.25) is 0 Å². The number of amides is 1. The predicted molar refractivity (Wildman–Crippen MR) is 102 cm³/mol. The normalized spacial score (nSPS) is 9.86. The Bertz CT molecular complexity index is 1040. The van der Waals surface area contributed by atoms with Crippen LogP contribution in [0, 0.1) is 11.3 Å². The molecule has 8 heteroatoms. The lowest BCUT2D eigenvalue weighted by Crippen LogP contribution is -2.13. The molecule has 0 radical (unpaired) electrons. The monoisotopic (exact) mass is 373 g/mol. The van der Waals surface area contributed by atoms with Gasteiger partial charge in [-0.25, -0.2) is 14.8 Å². The van der Waals surface area contributed by atoms with Crippen molar-refractivity contribution in [2.45, 2.75) is 0 Å². The zero-order valence-electron chi connectivity index (χ0n) is 14.8. The van der Waals surface area contributed by atoms with E-state index in [9.17, 15) is 9.59 Å². The fraction of sp³-hybridized carbons (Fsp3) is 0.0500. The van der Waals surface area contributed by atoms with Crippen molar-refractivity contribution in [3.63, 3.8) is 0 Å². The highest BCUT2D eigenvalue weighted by molar-refractivity contribution is 6.03. The predicted octanol–water partition coefficient (Wildman–Crippen LogP) is 3.13. The van der Waals surface area contributed by atoms with Crippen molar-refractivity contribution in [1.29, 1.82) is 5.26 Å². The fourth-order valence-electron chi connectivity index (χ4n) is 2.31. The first-order valence-electron chi connectivity index (χ1n) is 8.18. The molecular weight excluding hydrogens is 358 g/mol. The first kappa shape index (κ1) is 18.5. The molecule has 2 aromatic carbocycles. The third kappa shape index (κ3) is 4.47. The zero-order valence-corrected chi connectivity index (χ0v) is 14.8. The maximum Gasteiger partial charge on any atom is 0.337 e. The Morgan fingerprint density at radius 1 is 1.00 bits per heavy atom. The molecule has 0 saturated heterocycles. The van der Waals surface area contributed by atoms with E-state index in [1.54, 1.807) is 48.5 Å². The minimum absolute atomic E-state index is 0.275. The van der Waals surface area contributed by atoms with Crippen LogP contribution in [-0.2, 0) is 4.74 Å². The van der Waals surface area contributed by atoms with Crippen LogP contribution in [0.4, 0.5) is 17.3 Å². The second kappa shape index (κ2) is 8.42. The number of nitrogens with one attached hydrogen (secondary N) is 2. The number of nitrogens with zero attached hydrogens (tertiary/aromatic N) is 3. The highest BCUT2D eigenvalue weighted by Gasteiger charge is 2.09. The average molecular weight is 373 g/mol. The third-order valence-electron chi connectivity index (χ3n) is 3.73. The standard InChI is InChI=1S/C20H15N5O3/c1-28-19(27)14-3-2-4-17(9-14)25-20-22-11-15(12-23-20)18(26)24-16-7-5-13(10-21)6-8-16/h2-9,11-12H,1H3,(H,24,26)(H,22,23,25). The van der Waals surface area contributed by atoms with Gasteiger partial charge in [-0.3, -0.25) is 4.79 Å². The molecule has 0 spiro atoms. The van der Waals surface area contributed by atoms with Gasteiger partial charge in [0.25, 0.3) is 5.91 Å². The summed E-state index contributed by atoms with van der Waals surface area (Å²) >= 11 is 0. The van der Waals surface area contributed by atoms with Gasteiger partial charge in [-0.05, 0) is 42.5 Å². The van der Waals surface area contributed by atoms with Crippen LogP contribution in [0.25, 0.3) is 0 Å². The number of methoxy groups -OCH3 is 1. The fourth-order valence-corrected chi connectivity index (χ4v) is 2.31. The maximum atomic E-state index is 12.3. The topological polar surface area (TPSA) is 117 Å². The van der Waals surface area contributed by atoms with E-state index in [0.29, 0.717) is 22.5 Å². The number of esters is 1. The molecule has 8 nitrogen and oxygen atoms in total. The number of anilines is 3. The Morgan fingerprint density at radius 3 is 2.36 bits per heavy atom. The van der Waals surface area contributed by atoms with Gasteiger partial charge < -0.3 is 15.4 Å². The van der Waals surface area contributed by atoms with Crippen LogP contribution in [0.15, 0.2) is 60.9 Å². The van der Waals surface area contributed by atoms with Crippen molar-refractivity contribution in [2.24, 2.45) is 0 Å². The number of benzene rings is 2. The molecule has 0 saturated carbocycles. The molecule has 0 fully saturated rings. The van der Waals surface area contributed by atoms with Crippen LogP contribution < -0.4 is 10.6 Å². The van der Waals surface area contributed by atoms with Gasteiger partial charge in [0.1, 0.15) is 0 Å². The van der Waals surface area contributed by atoms with E-state index in [2.05, 4.69) is 25.3 Å². The largest absolute Gasteiger partial charge is 0.465 e. The summed E-state index contributed by atoms with van der Waals surface area (Å²) in [5, 5.41) is 14.5. The highest BCUT2D eigenvalue weighted by Crippen LogP contribution is 2.16. The molecule has 1 heterocycles. The summed E-state index contributed by atoms with van der Waals surface area (Å²) in [6.07, 6.45) is 2.77. The van der Waals surface area contributed by atoms with Crippen LogP contribution in [0.5, 0.6) is 0 Å². The molecule has 1 amide bonds.